The minimum Gasteiger partial charge on any atom is -0.351 e. The standard InChI is InChI=1S/C18H21N3O2S/c1-2-10-24-13-17(22)20-12-14-4-3-5-15(11-14)18(23)21-16-6-8-19-9-7-16/h3-9,11H,2,10,12-13H2,1H3,(H,20,22)(H,19,21,23). The summed E-state index contributed by atoms with van der Waals surface area (Å²) in [6, 6.07) is 10.7. The second kappa shape index (κ2) is 9.72. The van der Waals surface area contributed by atoms with Crippen LogP contribution in [0.4, 0.5) is 5.69 Å². The molecule has 1 aromatic carbocycles. The molecular formula is C18H21N3O2S. The van der Waals surface area contributed by atoms with Gasteiger partial charge in [0.25, 0.3) is 5.91 Å². The molecule has 0 aliphatic heterocycles. The number of carbonyl (C=O) groups excluding carboxylic acids is 2. The molecule has 0 radical (unpaired) electrons. The fraction of sp³-hybridized carbons (Fsp3) is 0.278. The summed E-state index contributed by atoms with van der Waals surface area (Å²) in [7, 11) is 0. The molecule has 0 fully saturated rings. The predicted octanol–water partition coefficient (Wildman–Crippen LogP) is 3.09. The zero-order chi connectivity index (χ0) is 17.2. The van der Waals surface area contributed by atoms with Gasteiger partial charge in [-0.1, -0.05) is 19.1 Å². The Morgan fingerprint density at radius 2 is 1.96 bits per heavy atom. The first-order valence-electron chi connectivity index (χ1n) is 7.84. The number of rotatable bonds is 8. The first kappa shape index (κ1) is 18.0. The Kier molecular flexibility index (Phi) is 7.29. The highest BCUT2D eigenvalue weighted by Crippen LogP contribution is 2.10. The molecule has 5 nitrogen and oxygen atoms in total. The SMILES string of the molecule is CCCSCC(=O)NCc1cccc(C(=O)Nc2ccncc2)c1. The monoisotopic (exact) mass is 343 g/mol. The van der Waals surface area contributed by atoms with Gasteiger partial charge in [0.05, 0.1) is 5.75 Å². The smallest absolute Gasteiger partial charge is 0.255 e. The van der Waals surface area contributed by atoms with E-state index in [4.69, 9.17) is 0 Å². The maximum atomic E-state index is 12.3. The van der Waals surface area contributed by atoms with Crippen LogP contribution in [0.2, 0.25) is 0 Å². The topological polar surface area (TPSA) is 71.1 Å². The van der Waals surface area contributed by atoms with Gasteiger partial charge in [-0.2, -0.15) is 11.8 Å². The van der Waals surface area contributed by atoms with E-state index in [-0.39, 0.29) is 11.8 Å². The molecule has 0 aliphatic rings. The Hall–Kier alpha value is -2.34. The van der Waals surface area contributed by atoms with E-state index in [0.717, 1.165) is 17.7 Å². The van der Waals surface area contributed by atoms with Gasteiger partial charge in [0.15, 0.2) is 0 Å². The highest BCUT2D eigenvalue weighted by Gasteiger charge is 2.07. The van der Waals surface area contributed by atoms with E-state index >= 15 is 0 Å². The quantitative estimate of drug-likeness (QED) is 0.723. The highest BCUT2D eigenvalue weighted by atomic mass is 32.2. The molecule has 1 heterocycles. The average Bonchev–Trinajstić information content (AvgIpc) is 2.61. The van der Waals surface area contributed by atoms with E-state index < -0.39 is 0 Å². The number of carbonyl (C=O) groups is 2. The lowest BCUT2D eigenvalue weighted by molar-refractivity contribution is -0.118. The first-order chi connectivity index (χ1) is 11.7. The zero-order valence-electron chi connectivity index (χ0n) is 13.6. The summed E-state index contributed by atoms with van der Waals surface area (Å²) in [4.78, 5) is 27.9. The molecular weight excluding hydrogens is 322 g/mol. The van der Waals surface area contributed by atoms with Crippen LogP contribution in [0.25, 0.3) is 0 Å². The van der Waals surface area contributed by atoms with Crippen LogP contribution in [0.1, 0.15) is 29.3 Å². The molecule has 6 heteroatoms. The van der Waals surface area contributed by atoms with Gasteiger partial charge in [-0.25, -0.2) is 0 Å². The molecule has 2 amide bonds. The third-order valence-electron chi connectivity index (χ3n) is 3.20. The van der Waals surface area contributed by atoms with Crippen LogP contribution in [0.15, 0.2) is 48.8 Å². The average molecular weight is 343 g/mol. The molecule has 2 rings (SSSR count). The summed E-state index contributed by atoms with van der Waals surface area (Å²) < 4.78 is 0. The minimum atomic E-state index is -0.187. The molecule has 0 spiro atoms. The number of aromatic nitrogens is 1. The lowest BCUT2D eigenvalue weighted by Gasteiger charge is -2.08. The lowest BCUT2D eigenvalue weighted by Crippen LogP contribution is -2.25. The van der Waals surface area contributed by atoms with Crippen LogP contribution < -0.4 is 10.6 Å². The summed E-state index contributed by atoms with van der Waals surface area (Å²) >= 11 is 1.62. The van der Waals surface area contributed by atoms with Crippen molar-refractivity contribution in [3.05, 3.63) is 59.9 Å². The number of anilines is 1. The largest absolute Gasteiger partial charge is 0.351 e. The molecule has 2 aromatic rings. The lowest BCUT2D eigenvalue weighted by atomic mass is 10.1. The Bertz CT molecular complexity index is 677. The molecule has 0 aliphatic carbocycles. The van der Waals surface area contributed by atoms with Crippen molar-refractivity contribution in [2.75, 3.05) is 16.8 Å². The Labute approximate surface area is 146 Å². The maximum Gasteiger partial charge on any atom is 0.255 e. The summed E-state index contributed by atoms with van der Waals surface area (Å²) in [5, 5.41) is 5.69. The van der Waals surface area contributed by atoms with Crippen molar-refractivity contribution in [1.29, 1.82) is 0 Å². The molecule has 0 saturated carbocycles. The Morgan fingerprint density at radius 1 is 1.17 bits per heavy atom. The van der Waals surface area contributed by atoms with Crippen molar-refractivity contribution < 1.29 is 9.59 Å². The van der Waals surface area contributed by atoms with Gasteiger partial charge in [-0.15, -0.1) is 0 Å². The number of pyridine rings is 1. The Balaban J connectivity index is 1.89. The van der Waals surface area contributed by atoms with E-state index in [1.54, 1.807) is 48.4 Å². The summed E-state index contributed by atoms with van der Waals surface area (Å²) in [5.74, 6) is 1.28. The van der Waals surface area contributed by atoms with Gasteiger partial charge in [-0.3, -0.25) is 14.6 Å². The van der Waals surface area contributed by atoms with Crippen LogP contribution in [0.5, 0.6) is 0 Å². The maximum absolute atomic E-state index is 12.3. The van der Waals surface area contributed by atoms with E-state index in [1.165, 1.54) is 0 Å². The minimum absolute atomic E-state index is 0.0140. The molecule has 0 unspecified atom stereocenters. The summed E-state index contributed by atoms with van der Waals surface area (Å²) in [5.41, 5.74) is 2.15. The number of thioether (sulfide) groups is 1. The third-order valence-corrected chi connectivity index (χ3v) is 4.36. The molecule has 0 atom stereocenters. The van der Waals surface area contributed by atoms with Gasteiger partial charge >= 0.3 is 0 Å². The molecule has 0 saturated heterocycles. The van der Waals surface area contributed by atoms with Gasteiger partial charge in [0, 0.05) is 30.2 Å². The number of nitrogens with zero attached hydrogens (tertiary/aromatic N) is 1. The van der Waals surface area contributed by atoms with E-state index in [2.05, 4.69) is 22.5 Å². The predicted molar refractivity (Wildman–Crippen MR) is 98.1 cm³/mol. The van der Waals surface area contributed by atoms with Crippen molar-refractivity contribution in [3.8, 4) is 0 Å². The molecule has 1 aromatic heterocycles. The van der Waals surface area contributed by atoms with Crippen molar-refractivity contribution >= 4 is 29.3 Å². The second-order valence-electron chi connectivity index (χ2n) is 5.22. The fourth-order valence-corrected chi connectivity index (χ4v) is 2.74. The first-order valence-corrected chi connectivity index (χ1v) is 8.99. The van der Waals surface area contributed by atoms with Crippen LogP contribution in [-0.4, -0.2) is 28.3 Å². The summed E-state index contributed by atoms with van der Waals surface area (Å²) in [6.45, 7) is 2.51. The number of nitrogens with one attached hydrogen (secondary N) is 2. The molecule has 126 valence electrons. The van der Waals surface area contributed by atoms with Crippen LogP contribution in [0, 0.1) is 0 Å². The highest BCUT2D eigenvalue weighted by molar-refractivity contribution is 7.99. The summed E-state index contributed by atoms with van der Waals surface area (Å²) in [6.07, 6.45) is 4.31. The van der Waals surface area contributed by atoms with Crippen molar-refractivity contribution in [2.45, 2.75) is 19.9 Å². The Morgan fingerprint density at radius 3 is 2.71 bits per heavy atom. The number of amides is 2. The third kappa shape index (κ3) is 6.04. The second-order valence-corrected chi connectivity index (χ2v) is 6.32. The number of benzene rings is 1. The van der Waals surface area contributed by atoms with E-state index in [9.17, 15) is 9.59 Å². The fourth-order valence-electron chi connectivity index (χ4n) is 2.02. The van der Waals surface area contributed by atoms with Crippen LogP contribution >= 0.6 is 11.8 Å². The van der Waals surface area contributed by atoms with Crippen molar-refractivity contribution in [2.24, 2.45) is 0 Å². The normalized spacial score (nSPS) is 10.2. The number of hydrogen-bond donors (Lipinski definition) is 2. The molecule has 2 N–H and O–H groups in total. The van der Waals surface area contributed by atoms with Gasteiger partial charge in [0.1, 0.15) is 0 Å². The van der Waals surface area contributed by atoms with Crippen LogP contribution in [0.3, 0.4) is 0 Å². The number of hydrogen-bond acceptors (Lipinski definition) is 4. The van der Waals surface area contributed by atoms with E-state index in [0.29, 0.717) is 23.5 Å². The van der Waals surface area contributed by atoms with Gasteiger partial charge in [0.2, 0.25) is 5.91 Å². The van der Waals surface area contributed by atoms with Crippen molar-refractivity contribution in [1.82, 2.24) is 10.3 Å². The molecule has 24 heavy (non-hydrogen) atoms. The zero-order valence-corrected chi connectivity index (χ0v) is 14.4. The van der Waals surface area contributed by atoms with Gasteiger partial charge in [-0.05, 0) is 42.0 Å². The van der Waals surface area contributed by atoms with Crippen molar-refractivity contribution in [3.63, 3.8) is 0 Å². The van der Waals surface area contributed by atoms with E-state index in [1.807, 2.05) is 12.1 Å². The molecule has 0 bridgehead atoms. The van der Waals surface area contributed by atoms with Gasteiger partial charge < -0.3 is 10.6 Å². The van der Waals surface area contributed by atoms with Crippen LogP contribution in [-0.2, 0) is 11.3 Å².